The monoisotopic (exact) mass is 399 g/mol. The van der Waals surface area contributed by atoms with E-state index in [0.29, 0.717) is 37.1 Å². The van der Waals surface area contributed by atoms with E-state index in [9.17, 15) is 4.79 Å². The number of nitrogens with zero attached hydrogens (tertiary/aromatic N) is 4. The number of hydrogen-bond donors (Lipinski definition) is 3. The second-order valence-electron chi connectivity index (χ2n) is 6.85. The smallest absolute Gasteiger partial charge is 0.222 e. The Morgan fingerprint density at radius 2 is 2.14 bits per heavy atom. The number of aliphatic imine (C=N–C) groups is 1. The predicted molar refractivity (Wildman–Crippen MR) is 112 cm³/mol. The maximum absolute atomic E-state index is 11.9. The van der Waals surface area contributed by atoms with Crippen LogP contribution in [0.5, 0.6) is 5.75 Å². The van der Waals surface area contributed by atoms with Gasteiger partial charge < -0.3 is 20.3 Å². The summed E-state index contributed by atoms with van der Waals surface area (Å²) in [6.07, 6.45) is 1.46. The molecule has 0 radical (unpaired) electrons. The summed E-state index contributed by atoms with van der Waals surface area (Å²) in [4.78, 5) is 22.9. The van der Waals surface area contributed by atoms with Crippen molar-refractivity contribution in [3.05, 3.63) is 30.1 Å². The Morgan fingerprint density at radius 1 is 1.34 bits per heavy atom. The molecule has 2 heterocycles. The van der Waals surface area contributed by atoms with Crippen LogP contribution in [0.15, 0.2) is 29.3 Å². The van der Waals surface area contributed by atoms with Crippen molar-refractivity contribution in [3.63, 3.8) is 0 Å². The molecule has 1 saturated heterocycles. The average molecular weight is 399 g/mol. The number of carbonyl (C=O) groups excluding carboxylic acids is 1. The lowest BCUT2D eigenvalue weighted by molar-refractivity contribution is -0.129. The van der Waals surface area contributed by atoms with Crippen molar-refractivity contribution in [2.75, 3.05) is 26.7 Å². The number of ether oxygens (including phenoxy) is 1. The minimum absolute atomic E-state index is 0.198. The largest absolute Gasteiger partial charge is 0.497 e. The van der Waals surface area contributed by atoms with E-state index in [1.54, 1.807) is 7.11 Å². The van der Waals surface area contributed by atoms with E-state index in [0.717, 1.165) is 30.8 Å². The molecule has 1 unspecified atom stereocenters. The van der Waals surface area contributed by atoms with Crippen LogP contribution in [0, 0.1) is 0 Å². The van der Waals surface area contributed by atoms with Crippen molar-refractivity contribution in [1.29, 1.82) is 0 Å². The predicted octanol–water partition coefficient (Wildman–Crippen LogP) is 1.55. The molecule has 2 aromatic rings. The minimum Gasteiger partial charge on any atom is -0.497 e. The first kappa shape index (κ1) is 20.6. The number of aromatic amines is 1. The second kappa shape index (κ2) is 9.90. The lowest BCUT2D eigenvalue weighted by Gasteiger charge is -2.18. The van der Waals surface area contributed by atoms with Crippen LogP contribution in [0.1, 0.15) is 32.5 Å². The van der Waals surface area contributed by atoms with Crippen molar-refractivity contribution in [1.82, 2.24) is 30.7 Å². The van der Waals surface area contributed by atoms with E-state index in [-0.39, 0.29) is 11.9 Å². The maximum atomic E-state index is 11.9. The lowest BCUT2D eigenvalue weighted by Crippen LogP contribution is -2.45. The highest BCUT2D eigenvalue weighted by Crippen LogP contribution is 2.19. The van der Waals surface area contributed by atoms with E-state index in [1.807, 2.05) is 43.0 Å². The average Bonchev–Trinajstić information content (AvgIpc) is 3.41. The zero-order valence-electron chi connectivity index (χ0n) is 17.2. The molecule has 1 fully saturated rings. The van der Waals surface area contributed by atoms with Gasteiger partial charge in [-0.3, -0.25) is 9.89 Å². The number of likely N-dealkylation sites (tertiary alicyclic amines) is 1. The van der Waals surface area contributed by atoms with Crippen LogP contribution in [0.25, 0.3) is 11.4 Å². The summed E-state index contributed by atoms with van der Waals surface area (Å²) in [5.74, 6) is 3.01. The molecule has 1 aliphatic rings. The molecule has 3 rings (SSSR count). The van der Waals surface area contributed by atoms with Crippen LogP contribution < -0.4 is 15.4 Å². The van der Waals surface area contributed by atoms with E-state index >= 15 is 0 Å². The normalized spacial score (nSPS) is 16.7. The number of nitrogens with one attached hydrogen (secondary N) is 3. The Hall–Kier alpha value is -3.10. The number of guanidine groups is 1. The van der Waals surface area contributed by atoms with Crippen molar-refractivity contribution < 1.29 is 9.53 Å². The molecular formula is C20H29N7O2. The Morgan fingerprint density at radius 3 is 2.83 bits per heavy atom. The SMILES string of the molecule is CCNC(=NCc1nc(-c2ccc(OC)cc2)n[nH]1)NC1CCN(C(=O)CC)C1. The molecule has 1 aromatic carbocycles. The Bertz CT molecular complexity index is 832. The van der Waals surface area contributed by atoms with Gasteiger partial charge >= 0.3 is 0 Å². The van der Waals surface area contributed by atoms with E-state index in [4.69, 9.17) is 4.74 Å². The standard InChI is InChI=1S/C20H29N7O2/c1-4-18(28)27-11-10-15(13-27)23-20(21-5-2)22-12-17-24-19(26-25-17)14-6-8-16(29-3)9-7-14/h6-9,15H,4-5,10-13H2,1-3H3,(H2,21,22,23)(H,24,25,26). The van der Waals surface area contributed by atoms with E-state index < -0.39 is 0 Å². The van der Waals surface area contributed by atoms with Gasteiger partial charge in [0, 0.05) is 37.7 Å². The quantitative estimate of drug-likeness (QED) is 0.482. The third-order valence-corrected chi connectivity index (χ3v) is 4.80. The van der Waals surface area contributed by atoms with Crippen molar-refractivity contribution >= 4 is 11.9 Å². The van der Waals surface area contributed by atoms with Crippen LogP contribution in [0.3, 0.4) is 0 Å². The molecule has 1 atom stereocenters. The Balaban J connectivity index is 1.60. The molecule has 0 saturated carbocycles. The first-order valence-corrected chi connectivity index (χ1v) is 10.0. The van der Waals surface area contributed by atoms with Gasteiger partial charge in [-0.1, -0.05) is 6.92 Å². The van der Waals surface area contributed by atoms with Gasteiger partial charge in [-0.05, 0) is 37.6 Å². The molecule has 9 nitrogen and oxygen atoms in total. The highest BCUT2D eigenvalue weighted by atomic mass is 16.5. The number of H-pyrrole nitrogens is 1. The fourth-order valence-electron chi connectivity index (χ4n) is 3.23. The van der Waals surface area contributed by atoms with Crippen molar-refractivity contribution in [3.8, 4) is 17.1 Å². The summed E-state index contributed by atoms with van der Waals surface area (Å²) < 4.78 is 5.18. The summed E-state index contributed by atoms with van der Waals surface area (Å²) in [5, 5.41) is 13.9. The number of rotatable bonds is 7. The van der Waals surface area contributed by atoms with E-state index in [1.165, 1.54) is 0 Å². The fraction of sp³-hybridized carbons (Fsp3) is 0.500. The summed E-state index contributed by atoms with van der Waals surface area (Å²) in [6.45, 7) is 6.55. The summed E-state index contributed by atoms with van der Waals surface area (Å²) >= 11 is 0. The summed E-state index contributed by atoms with van der Waals surface area (Å²) in [6, 6.07) is 7.80. The van der Waals surface area contributed by atoms with Crippen molar-refractivity contribution in [2.45, 2.75) is 39.3 Å². The third kappa shape index (κ3) is 5.46. The summed E-state index contributed by atoms with van der Waals surface area (Å²) in [7, 11) is 1.64. The topological polar surface area (TPSA) is 108 Å². The molecule has 156 valence electrons. The zero-order valence-corrected chi connectivity index (χ0v) is 17.2. The van der Waals surface area contributed by atoms with Crippen LogP contribution in [-0.4, -0.2) is 64.7 Å². The first-order chi connectivity index (χ1) is 14.1. The number of carbonyl (C=O) groups is 1. The third-order valence-electron chi connectivity index (χ3n) is 4.80. The molecular weight excluding hydrogens is 370 g/mol. The molecule has 1 aliphatic heterocycles. The number of aromatic nitrogens is 3. The van der Waals surface area contributed by atoms with Gasteiger partial charge in [0.25, 0.3) is 0 Å². The molecule has 9 heteroatoms. The highest BCUT2D eigenvalue weighted by Gasteiger charge is 2.25. The van der Waals surface area contributed by atoms with Gasteiger partial charge in [0.2, 0.25) is 5.91 Å². The fourth-order valence-corrected chi connectivity index (χ4v) is 3.23. The number of benzene rings is 1. The molecule has 0 aliphatic carbocycles. The Labute approximate surface area is 171 Å². The molecule has 1 aromatic heterocycles. The maximum Gasteiger partial charge on any atom is 0.222 e. The van der Waals surface area contributed by atoms with Gasteiger partial charge in [0.1, 0.15) is 18.1 Å². The first-order valence-electron chi connectivity index (χ1n) is 10.0. The van der Waals surface area contributed by atoms with Gasteiger partial charge in [-0.15, -0.1) is 0 Å². The van der Waals surface area contributed by atoms with Gasteiger partial charge in [-0.2, -0.15) is 5.10 Å². The minimum atomic E-state index is 0.198. The highest BCUT2D eigenvalue weighted by molar-refractivity contribution is 5.80. The number of methoxy groups -OCH3 is 1. The molecule has 29 heavy (non-hydrogen) atoms. The van der Waals surface area contributed by atoms with Crippen LogP contribution in [0.4, 0.5) is 0 Å². The Kier molecular flexibility index (Phi) is 7.04. The number of amides is 1. The molecule has 1 amide bonds. The van der Waals surface area contributed by atoms with Crippen LogP contribution in [-0.2, 0) is 11.3 Å². The van der Waals surface area contributed by atoms with Gasteiger partial charge in [-0.25, -0.2) is 9.98 Å². The van der Waals surface area contributed by atoms with Crippen LogP contribution in [0.2, 0.25) is 0 Å². The lowest BCUT2D eigenvalue weighted by atomic mass is 10.2. The van der Waals surface area contributed by atoms with Gasteiger partial charge in [0.05, 0.1) is 7.11 Å². The number of hydrogen-bond acceptors (Lipinski definition) is 5. The molecule has 0 bridgehead atoms. The zero-order chi connectivity index (χ0) is 20.6. The molecule has 0 spiro atoms. The molecule has 3 N–H and O–H groups in total. The van der Waals surface area contributed by atoms with E-state index in [2.05, 4.69) is 30.8 Å². The second-order valence-corrected chi connectivity index (χ2v) is 6.85. The summed E-state index contributed by atoms with van der Waals surface area (Å²) in [5.41, 5.74) is 0.911. The van der Waals surface area contributed by atoms with Crippen molar-refractivity contribution in [2.24, 2.45) is 4.99 Å². The van der Waals surface area contributed by atoms with Gasteiger partial charge in [0.15, 0.2) is 11.8 Å². The van der Waals surface area contributed by atoms with Crippen LogP contribution >= 0.6 is 0 Å².